The number of nitro benzene ring substituents is 1. The van der Waals surface area contributed by atoms with Crippen LogP contribution < -0.4 is 38.8 Å². The van der Waals surface area contributed by atoms with Gasteiger partial charge in [0, 0.05) is 12.1 Å². The van der Waals surface area contributed by atoms with Crippen LogP contribution in [0.5, 0.6) is 5.75 Å². The molecule has 0 bridgehead atoms. The number of hydrogen-bond acceptors (Lipinski definition) is 6. The molecule has 25 heavy (non-hydrogen) atoms. The molecule has 2 aromatic rings. The average molecular weight is 396 g/mol. The molecule has 0 aliphatic carbocycles. The molecule has 2 aromatic carbocycles. The summed E-state index contributed by atoms with van der Waals surface area (Å²) in [6.45, 7) is 0. The van der Waals surface area contributed by atoms with E-state index in [1.54, 1.807) is 6.07 Å². The molecule has 0 saturated heterocycles. The van der Waals surface area contributed by atoms with Crippen molar-refractivity contribution in [1.82, 2.24) is 4.72 Å². The molecule has 0 spiro atoms. The van der Waals surface area contributed by atoms with E-state index in [2.05, 4.69) is 0 Å². The summed E-state index contributed by atoms with van der Waals surface area (Å²) in [5, 5.41) is 10.5. The molecular formula is C13H14N2NaO7PS. The van der Waals surface area contributed by atoms with Crippen molar-refractivity contribution in [2.45, 2.75) is 4.90 Å². The quantitative estimate of drug-likeness (QED) is 0.271. The first-order chi connectivity index (χ1) is 11.2. The van der Waals surface area contributed by atoms with Gasteiger partial charge in [0.15, 0.2) is 0 Å². The van der Waals surface area contributed by atoms with Gasteiger partial charge in [-0.2, -0.15) is 4.72 Å². The summed E-state index contributed by atoms with van der Waals surface area (Å²) in [4.78, 5) is 19.6. The van der Waals surface area contributed by atoms with E-state index in [9.17, 15) is 28.0 Å². The van der Waals surface area contributed by atoms with Gasteiger partial charge in [-0.15, -0.1) is 0 Å². The van der Waals surface area contributed by atoms with E-state index in [1.165, 1.54) is 24.3 Å². The Morgan fingerprint density at radius 3 is 2.24 bits per heavy atom. The summed E-state index contributed by atoms with van der Waals surface area (Å²) < 4.78 is 42.7. The minimum absolute atomic E-state index is 0. The third-order valence-corrected chi connectivity index (χ3v) is 5.49. The number of sulfonamides is 1. The number of nitrogens with zero attached hydrogens (tertiary/aromatic N) is 1. The maximum absolute atomic E-state index is 12.0. The molecule has 0 heterocycles. The molecule has 0 radical (unpaired) electrons. The van der Waals surface area contributed by atoms with Gasteiger partial charge in [-0.1, -0.05) is 18.2 Å². The number of nitrogens with one attached hydrogen (secondary N) is 1. The summed E-state index contributed by atoms with van der Waals surface area (Å²) in [7, 11) is -8.29. The number of nitro groups is 1. The van der Waals surface area contributed by atoms with Gasteiger partial charge in [-0.05, 0) is 24.3 Å². The molecule has 0 fully saturated rings. The summed E-state index contributed by atoms with van der Waals surface area (Å²) >= 11 is 0. The SMILES string of the molecule is O=[N+]([O-])c1ccc(OP(=O)(O)CNS(=O)(=O)c2ccccc2)cc1.[H-].[Na+]. The van der Waals surface area contributed by atoms with E-state index in [-0.39, 0.29) is 47.3 Å². The number of non-ortho nitro benzene ring substituents is 1. The van der Waals surface area contributed by atoms with Crippen molar-refractivity contribution in [2.75, 3.05) is 6.29 Å². The topological polar surface area (TPSA) is 136 Å². The van der Waals surface area contributed by atoms with E-state index < -0.39 is 28.8 Å². The smallest absolute Gasteiger partial charge is 1.00 e. The fraction of sp³-hybridized carbons (Fsp3) is 0.0769. The molecule has 12 heteroatoms. The Morgan fingerprint density at radius 2 is 1.72 bits per heavy atom. The fourth-order valence-corrected chi connectivity index (χ4v) is 4.21. The third-order valence-electron chi connectivity index (χ3n) is 2.80. The van der Waals surface area contributed by atoms with Crippen LogP contribution in [0.3, 0.4) is 0 Å². The molecule has 0 aliphatic heterocycles. The van der Waals surface area contributed by atoms with E-state index in [0.29, 0.717) is 0 Å². The minimum atomic E-state index is -4.33. The molecule has 2 rings (SSSR count). The second-order valence-corrected chi connectivity index (χ2v) is 8.14. The number of rotatable bonds is 7. The van der Waals surface area contributed by atoms with Crippen LogP contribution in [0.2, 0.25) is 0 Å². The van der Waals surface area contributed by atoms with Crippen molar-refractivity contribution >= 4 is 23.3 Å². The van der Waals surface area contributed by atoms with Crippen LogP contribution in [0, 0.1) is 10.1 Å². The molecule has 9 nitrogen and oxygen atoms in total. The predicted octanol–water partition coefficient (Wildman–Crippen LogP) is -0.789. The largest absolute Gasteiger partial charge is 1.00 e. The van der Waals surface area contributed by atoms with Gasteiger partial charge >= 0.3 is 37.2 Å². The predicted molar refractivity (Wildman–Crippen MR) is 86.3 cm³/mol. The first-order valence-corrected chi connectivity index (χ1v) is 9.75. The first-order valence-electron chi connectivity index (χ1n) is 6.50. The summed E-state index contributed by atoms with van der Waals surface area (Å²) in [5.41, 5.74) is -0.208. The monoisotopic (exact) mass is 396 g/mol. The van der Waals surface area contributed by atoms with Gasteiger partial charge in [-0.3, -0.25) is 10.1 Å². The van der Waals surface area contributed by atoms with E-state index >= 15 is 0 Å². The second kappa shape index (κ2) is 8.91. The summed E-state index contributed by atoms with van der Waals surface area (Å²) in [6.07, 6.45) is -0.846. The van der Waals surface area contributed by atoms with Gasteiger partial charge in [0.2, 0.25) is 10.0 Å². The zero-order valence-electron chi connectivity index (χ0n) is 14.1. The maximum atomic E-state index is 12.0. The van der Waals surface area contributed by atoms with Gasteiger partial charge in [0.1, 0.15) is 12.0 Å². The Morgan fingerprint density at radius 1 is 1.16 bits per heavy atom. The summed E-state index contributed by atoms with van der Waals surface area (Å²) in [6, 6.07) is 11.8. The standard InChI is InChI=1S/C13H13N2O7PS.Na.H/c16-15(17)11-6-8-12(9-7-11)22-23(18,19)10-14-24(20,21)13-4-2-1-3-5-13;;/h1-9,14H,10H2,(H,18,19);;/q;+1;-1. The molecule has 0 amide bonds. The molecular weight excluding hydrogens is 382 g/mol. The van der Waals surface area contributed by atoms with Crippen LogP contribution in [-0.2, 0) is 14.6 Å². The zero-order valence-corrected chi connectivity index (χ0v) is 16.8. The molecule has 2 N–H and O–H groups in total. The normalized spacial score (nSPS) is 13.3. The number of hydrogen-bond donors (Lipinski definition) is 2. The molecule has 1 atom stereocenters. The Kier molecular flexibility index (Phi) is 7.76. The molecule has 0 aromatic heterocycles. The van der Waals surface area contributed by atoms with Crippen LogP contribution in [-0.4, -0.2) is 24.5 Å². The minimum Gasteiger partial charge on any atom is -1.00 e. The molecule has 0 aliphatic rings. The van der Waals surface area contributed by atoms with E-state index in [0.717, 1.165) is 24.3 Å². The van der Waals surface area contributed by atoms with Crippen LogP contribution >= 0.6 is 7.60 Å². The van der Waals surface area contributed by atoms with Crippen LogP contribution in [0.15, 0.2) is 59.5 Å². The van der Waals surface area contributed by atoms with E-state index in [1.807, 2.05) is 4.72 Å². The van der Waals surface area contributed by atoms with Crippen LogP contribution in [0.1, 0.15) is 1.43 Å². The van der Waals surface area contributed by atoms with Crippen molar-refractivity contribution < 1.29 is 58.3 Å². The second-order valence-electron chi connectivity index (χ2n) is 4.60. The van der Waals surface area contributed by atoms with Crippen molar-refractivity contribution in [3.63, 3.8) is 0 Å². The zero-order chi connectivity index (χ0) is 17.8. The van der Waals surface area contributed by atoms with E-state index in [4.69, 9.17) is 4.52 Å². The first kappa shape index (κ1) is 21.8. The Labute approximate surface area is 167 Å². The van der Waals surface area contributed by atoms with Gasteiger partial charge in [0.05, 0.1) is 9.82 Å². The van der Waals surface area contributed by atoms with Gasteiger partial charge in [-0.25, -0.2) is 13.0 Å². The Hall–Kier alpha value is -1.26. The van der Waals surface area contributed by atoms with Crippen molar-refractivity contribution in [3.05, 3.63) is 64.7 Å². The third kappa shape index (κ3) is 6.52. The van der Waals surface area contributed by atoms with Crippen LogP contribution in [0.4, 0.5) is 5.69 Å². The maximum Gasteiger partial charge on any atom is 1.00 e. The summed E-state index contributed by atoms with van der Waals surface area (Å²) in [5.74, 6) is -0.0923. The van der Waals surface area contributed by atoms with Crippen molar-refractivity contribution in [2.24, 2.45) is 0 Å². The van der Waals surface area contributed by atoms with Crippen LogP contribution in [0.25, 0.3) is 0 Å². The Balaban J connectivity index is 0.00000312. The van der Waals surface area contributed by atoms with Crippen molar-refractivity contribution in [1.29, 1.82) is 0 Å². The number of benzene rings is 2. The molecule has 130 valence electrons. The molecule has 0 saturated carbocycles. The van der Waals surface area contributed by atoms with Gasteiger partial charge in [0.25, 0.3) is 5.69 Å². The van der Waals surface area contributed by atoms with Gasteiger partial charge < -0.3 is 10.8 Å². The average Bonchev–Trinajstić information content (AvgIpc) is 2.54. The molecule has 1 unspecified atom stereocenters. The Bertz CT molecular complexity index is 881. The van der Waals surface area contributed by atoms with Crippen molar-refractivity contribution in [3.8, 4) is 5.75 Å². The fourth-order valence-electron chi connectivity index (χ4n) is 1.68.